The van der Waals surface area contributed by atoms with Gasteiger partial charge in [0.15, 0.2) is 0 Å². The zero-order valence-corrected chi connectivity index (χ0v) is 19.2. The van der Waals surface area contributed by atoms with Gasteiger partial charge in [-0.25, -0.2) is 0 Å². The zero-order chi connectivity index (χ0) is 21.5. The molecule has 0 aliphatic carbocycles. The number of ether oxygens (including phenoxy) is 1. The van der Waals surface area contributed by atoms with Crippen molar-refractivity contribution in [1.82, 2.24) is 4.90 Å². The number of hydrogen-bond acceptors (Lipinski definition) is 3. The van der Waals surface area contributed by atoms with Crippen LogP contribution in [-0.4, -0.2) is 42.9 Å². The summed E-state index contributed by atoms with van der Waals surface area (Å²) in [7, 11) is 0. The Morgan fingerprint density at radius 1 is 0.839 bits per heavy atom. The normalized spacial score (nSPS) is 14.3. The Labute approximate surface area is 193 Å². The van der Waals surface area contributed by atoms with Gasteiger partial charge in [0.05, 0.1) is 0 Å². The maximum Gasteiger partial charge on any atom is 0.119 e. The zero-order valence-electron chi connectivity index (χ0n) is 17.6. The summed E-state index contributed by atoms with van der Waals surface area (Å²) in [5, 5.41) is 9.53. The van der Waals surface area contributed by atoms with E-state index in [0.717, 1.165) is 47.3 Å². The van der Waals surface area contributed by atoms with Crippen LogP contribution in [0, 0.1) is 0 Å². The van der Waals surface area contributed by atoms with E-state index in [2.05, 4.69) is 93.6 Å². The highest BCUT2D eigenvalue weighted by Crippen LogP contribution is 2.36. The highest BCUT2D eigenvalue weighted by molar-refractivity contribution is 9.10. The molecule has 0 saturated carbocycles. The van der Waals surface area contributed by atoms with E-state index in [1.165, 1.54) is 29.8 Å². The van der Waals surface area contributed by atoms with Gasteiger partial charge in [-0.05, 0) is 64.9 Å². The van der Waals surface area contributed by atoms with E-state index in [4.69, 9.17) is 4.74 Å². The summed E-state index contributed by atoms with van der Waals surface area (Å²) in [4.78, 5) is 2.36. The van der Waals surface area contributed by atoms with Crippen molar-refractivity contribution >= 4 is 27.1 Å². The molecule has 1 N–H and O–H groups in total. The maximum absolute atomic E-state index is 9.53. The van der Waals surface area contributed by atoms with Crippen LogP contribution in [0.15, 0.2) is 83.3 Å². The van der Waals surface area contributed by atoms with Crippen molar-refractivity contribution in [2.75, 3.05) is 32.8 Å². The maximum atomic E-state index is 9.53. The lowest BCUT2D eigenvalue weighted by molar-refractivity contribution is 0.290. The number of nitrogens with zero attached hydrogens (tertiary/aromatic N) is 1. The van der Waals surface area contributed by atoms with E-state index in [1.54, 1.807) is 0 Å². The second kappa shape index (κ2) is 10.8. The molecule has 1 aliphatic heterocycles. The largest absolute Gasteiger partial charge is 0.492 e. The molecule has 31 heavy (non-hydrogen) atoms. The molecule has 3 aromatic rings. The summed E-state index contributed by atoms with van der Waals surface area (Å²) in [5.41, 5.74) is 5.94. The van der Waals surface area contributed by atoms with Gasteiger partial charge in [0, 0.05) is 30.7 Å². The number of hydrogen-bond donors (Lipinski definition) is 1. The average molecular weight is 478 g/mol. The van der Waals surface area contributed by atoms with Gasteiger partial charge in [-0.3, -0.25) is 4.90 Å². The second-order valence-electron chi connectivity index (χ2n) is 7.77. The fourth-order valence-corrected chi connectivity index (χ4v) is 4.01. The second-order valence-corrected chi connectivity index (χ2v) is 8.68. The predicted molar refractivity (Wildman–Crippen MR) is 131 cm³/mol. The lowest BCUT2D eigenvalue weighted by atomic mass is 9.87. The first kappa shape index (κ1) is 21.8. The highest BCUT2D eigenvalue weighted by atomic mass is 79.9. The summed E-state index contributed by atoms with van der Waals surface area (Å²) < 4.78 is 6.98. The minimum atomic E-state index is 0.174. The molecule has 4 rings (SSSR count). The molecular weight excluding hydrogens is 450 g/mol. The Morgan fingerprint density at radius 3 is 2.10 bits per heavy atom. The van der Waals surface area contributed by atoms with Crippen molar-refractivity contribution in [3.63, 3.8) is 0 Å². The molecule has 1 fully saturated rings. The molecule has 3 nitrogen and oxygen atoms in total. The van der Waals surface area contributed by atoms with Crippen molar-refractivity contribution in [2.45, 2.75) is 12.8 Å². The number of aliphatic hydroxyl groups is 1. The third-order valence-electron chi connectivity index (χ3n) is 5.50. The minimum Gasteiger partial charge on any atom is -0.492 e. The van der Waals surface area contributed by atoms with Gasteiger partial charge < -0.3 is 9.84 Å². The molecule has 0 atom stereocenters. The Hall–Kier alpha value is -2.40. The van der Waals surface area contributed by atoms with Crippen LogP contribution in [0.3, 0.4) is 0 Å². The van der Waals surface area contributed by atoms with Crippen LogP contribution in [0.4, 0.5) is 0 Å². The van der Waals surface area contributed by atoms with Crippen LogP contribution >= 0.6 is 15.9 Å². The van der Waals surface area contributed by atoms with Crippen molar-refractivity contribution in [1.29, 1.82) is 0 Å². The van der Waals surface area contributed by atoms with Gasteiger partial charge in [-0.15, -0.1) is 0 Å². The van der Waals surface area contributed by atoms with Gasteiger partial charge in [-0.2, -0.15) is 0 Å². The van der Waals surface area contributed by atoms with Gasteiger partial charge in [0.1, 0.15) is 12.4 Å². The van der Waals surface area contributed by atoms with Gasteiger partial charge >= 0.3 is 0 Å². The summed E-state index contributed by atoms with van der Waals surface area (Å²) in [6.07, 6.45) is 1.53. The lowest BCUT2D eigenvalue weighted by Gasteiger charge is -2.18. The number of halogens is 1. The summed E-state index contributed by atoms with van der Waals surface area (Å²) >= 11 is 3.55. The SMILES string of the molecule is OCCC/C(=C(\c1ccc(Br)cc1)c1ccc(OCCN2CC2)cc1)c1ccccc1. The first-order valence-electron chi connectivity index (χ1n) is 10.9. The predicted octanol–water partition coefficient (Wildman–Crippen LogP) is 5.88. The molecule has 0 aromatic heterocycles. The van der Waals surface area contributed by atoms with Crippen LogP contribution in [0.1, 0.15) is 29.5 Å². The quantitative estimate of drug-likeness (QED) is 0.292. The monoisotopic (exact) mass is 477 g/mol. The number of rotatable bonds is 10. The summed E-state index contributed by atoms with van der Waals surface area (Å²) in [6, 6.07) is 27.3. The van der Waals surface area contributed by atoms with Gasteiger partial charge in [0.2, 0.25) is 0 Å². The first-order chi connectivity index (χ1) is 15.2. The number of aliphatic hydroxyl groups excluding tert-OH is 1. The van der Waals surface area contributed by atoms with Crippen LogP contribution in [0.25, 0.3) is 11.1 Å². The summed E-state index contributed by atoms with van der Waals surface area (Å²) in [6.45, 7) is 4.28. The molecular formula is C27H28BrNO2. The molecule has 3 aromatic carbocycles. The number of benzene rings is 3. The van der Waals surface area contributed by atoms with Crippen molar-refractivity contribution in [3.05, 3.63) is 100 Å². The molecule has 0 radical (unpaired) electrons. The molecule has 1 aliphatic rings. The Kier molecular flexibility index (Phi) is 7.57. The Bertz CT molecular complexity index is 994. The van der Waals surface area contributed by atoms with Crippen LogP contribution < -0.4 is 4.74 Å². The van der Waals surface area contributed by atoms with Crippen molar-refractivity contribution in [3.8, 4) is 5.75 Å². The minimum absolute atomic E-state index is 0.174. The Balaban J connectivity index is 1.72. The van der Waals surface area contributed by atoms with E-state index >= 15 is 0 Å². The number of allylic oxidation sites excluding steroid dienone is 1. The third-order valence-corrected chi connectivity index (χ3v) is 6.03. The molecule has 1 heterocycles. The highest BCUT2D eigenvalue weighted by Gasteiger charge is 2.17. The Morgan fingerprint density at radius 2 is 1.48 bits per heavy atom. The molecule has 0 unspecified atom stereocenters. The molecule has 1 saturated heterocycles. The van der Waals surface area contributed by atoms with Crippen molar-refractivity contribution in [2.24, 2.45) is 0 Å². The van der Waals surface area contributed by atoms with Crippen LogP contribution in [0.2, 0.25) is 0 Å². The smallest absolute Gasteiger partial charge is 0.119 e. The fraction of sp³-hybridized carbons (Fsp3) is 0.259. The molecule has 0 spiro atoms. The fourth-order valence-electron chi connectivity index (χ4n) is 3.75. The van der Waals surface area contributed by atoms with Gasteiger partial charge in [0.25, 0.3) is 0 Å². The van der Waals surface area contributed by atoms with E-state index in [9.17, 15) is 5.11 Å². The van der Waals surface area contributed by atoms with E-state index in [-0.39, 0.29) is 6.61 Å². The van der Waals surface area contributed by atoms with Crippen LogP contribution in [0.5, 0.6) is 5.75 Å². The van der Waals surface area contributed by atoms with Crippen LogP contribution in [-0.2, 0) is 0 Å². The van der Waals surface area contributed by atoms with E-state index in [0.29, 0.717) is 0 Å². The van der Waals surface area contributed by atoms with Gasteiger partial charge in [-0.1, -0.05) is 70.5 Å². The standard InChI is InChI=1S/C27H28BrNO2/c28-24-12-8-22(9-13-24)27(26(7-4-19-30)21-5-2-1-3-6-21)23-10-14-25(15-11-23)31-20-18-29-16-17-29/h1-3,5-6,8-15,30H,4,7,16-20H2/b27-26-. The van der Waals surface area contributed by atoms with E-state index in [1.807, 2.05) is 6.07 Å². The molecule has 4 heteroatoms. The third kappa shape index (κ3) is 6.07. The van der Waals surface area contributed by atoms with E-state index < -0.39 is 0 Å². The molecule has 0 bridgehead atoms. The van der Waals surface area contributed by atoms with Crippen molar-refractivity contribution < 1.29 is 9.84 Å². The summed E-state index contributed by atoms with van der Waals surface area (Å²) in [5.74, 6) is 0.900. The average Bonchev–Trinajstić information content (AvgIpc) is 3.63. The lowest BCUT2D eigenvalue weighted by Crippen LogP contribution is -2.10. The topological polar surface area (TPSA) is 32.5 Å². The first-order valence-corrected chi connectivity index (χ1v) is 11.6. The molecule has 160 valence electrons. The molecule has 0 amide bonds.